The molecule has 33 heavy (non-hydrogen) atoms. The van der Waals surface area contributed by atoms with Crippen molar-refractivity contribution in [3.05, 3.63) is 172 Å². The molecule has 0 atom stereocenters. The van der Waals surface area contributed by atoms with E-state index in [0.717, 1.165) is 6.42 Å². The second-order valence-electron chi connectivity index (χ2n) is 6.23. The molecule has 0 radical (unpaired) electrons. The van der Waals surface area contributed by atoms with E-state index in [1.165, 1.54) is 32.7 Å². The molecule has 0 bridgehead atoms. The summed E-state index contributed by atoms with van der Waals surface area (Å²) in [5.41, 5.74) is 2.79. The molecule has 5 aromatic carbocycles. The Labute approximate surface area is 225 Å². The molecule has 0 saturated carbocycles. The number of fused-ring (bicyclic) bond motifs is 3. The van der Waals surface area contributed by atoms with Crippen molar-refractivity contribution >= 4 is 21.5 Å². The van der Waals surface area contributed by atoms with Crippen molar-refractivity contribution in [2.24, 2.45) is 0 Å². The van der Waals surface area contributed by atoms with Gasteiger partial charge in [0.05, 0.1) is 0 Å². The molecule has 1 heteroatoms. The molecule has 5 aromatic rings. The second-order valence-corrected chi connectivity index (χ2v) is 6.23. The average Bonchev–Trinajstić information content (AvgIpc) is 3.36. The Morgan fingerprint density at radius 2 is 1.09 bits per heavy atom. The molecule has 0 unspecified atom stereocenters. The molecule has 0 aliphatic heterocycles. The second kappa shape index (κ2) is 20.4. The molecule has 0 fully saturated rings. The molecule has 0 heterocycles. The van der Waals surface area contributed by atoms with Crippen LogP contribution in [0.2, 0.25) is 0 Å². The van der Waals surface area contributed by atoms with Gasteiger partial charge in [-0.25, -0.2) is 12.1 Å². The largest absolute Gasteiger partial charge is 0.358 e. The Balaban J connectivity index is -0.000000182. The van der Waals surface area contributed by atoms with E-state index in [2.05, 4.69) is 78.9 Å². The minimum atomic E-state index is 0. The van der Waals surface area contributed by atoms with Crippen LogP contribution in [0.1, 0.15) is 11.1 Å². The van der Waals surface area contributed by atoms with Gasteiger partial charge in [-0.15, -0.1) is 28.5 Å². The monoisotopic (exact) mass is 605 g/mol. The van der Waals surface area contributed by atoms with Gasteiger partial charge in [-0.1, -0.05) is 77.0 Å². The number of benzene rings is 3. The van der Waals surface area contributed by atoms with Crippen LogP contribution in [-0.4, -0.2) is 0 Å². The third kappa shape index (κ3) is 10.0. The first kappa shape index (κ1) is 41.0. The van der Waals surface area contributed by atoms with Gasteiger partial charge in [0.15, 0.2) is 0 Å². The molecule has 0 nitrogen and oxygen atoms in total. The summed E-state index contributed by atoms with van der Waals surface area (Å²) in [6, 6.07) is 38.3. The first-order valence-electron chi connectivity index (χ1n) is 8.68. The van der Waals surface area contributed by atoms with Crippen LogP contribution in [0.3, 0.4) is 0 Å². The maximum atomic E-state index is 2.27. The zero-order valence-electron chi connectivity index (χ0n) is 21.6. The van der Waals surface area contributed by atoms with Crippen molar-refractivity contribution in [2.75, 3.05) is 0 Å². The van der Waals surface area contributed by atoms with Crippen molar-refractivity contribution in [1.82, 2.24) is 0 Å². The van der Waals surface area contributed by atoms with E-state index in [9.17, 15) is 0 Å². The summed E-state index contributed by atoms with van der Waals surface area (Å²) in [4.78, 5) is 0. The van der Waals surface area contributed by atoms with E-state index in [0.29, 0.717) is 0 Å². The fraction of sp³-hybridized carbons (Fsp3) is 0.0312. The van der Waals surface area contributed by atoms with Gasteiger partial charge in [-0.3, -0.25) is 0 Å². The molecule has 0 aromatic heterocycles. The van der Waals surface area contributed by atoms with Gasteiger partial charge in [-0.2, -0.15) is 24.3 Å². The minimum absolute atomic E-state index is 0. The van der Waals surface area contributed by atoms with E-state index in [-0.39, 0.29) is 77.8 Å². The predicted molar refractivity (Wildman–Crippen MR) is 153 cm³/mol. The summed E-state index contributed by atoms with van der Waals surface area (Å²) in [5, 5.41) is 5.43. The van der Waals surface area contributed by atoms with Crippen LogP contribution in [0.4, 0.5) is 0 Å². The topological polar surface area (TPSA) is 0 Å². The molecule has 0 N–H and O–H groups in total. The van der Waals surface area contributed by atoms with Crippen LogP contribution in [-0.2, 0) is 32.3 Å². The SMILES string of the molecule is [CH3-].[CH3-].[CH3-].[CH3-].[CH3-].[CH3-].[CH3-].[Hf].c1cc[cH-]c1.c1ccc(C[c-]2ccc3ccc4ccccc4c32)cc1. The fourth-order valence-corrected chi connectivity index (χ4v) is 3.34. The van der Waals surface area contributed by atoms with E-state index >= 15 is 0 Å². The quantitative estimate of drug-likeness (QED) is 0.139. The zero-order valence-corrected chi connectivity index (χ0v) is 25.2. The third-order valence-corrected chi connectivity index (χ3v) is 4.54. The third-order valence-electron chi connectivity index (χ3n) is 4.54. The first-order valence-corrected chi connectivity index (χ1v) is 8.68. The van der Waals surface area contributed by atoms with Crippen molar-refractivity contribution in [3.8, 4) is 0 Å². The maximum Gasteiger partial charge on any atom is 0 e. The molecule has 0 amide bonds. The Morgan fingerprint density at radius 1 is 0.545 bits per heavy atom. The Morgan fingerprint density at radius 3 is 1.67 bits per heavy atom. The van der Waals surface area contributed by atoms with E-state index < -0.39 is 0 Å². The number of hydrogen-bond acceptors (Lipinski definition) is 0. The number of rotatable bonds is 2. The van der Waals surface area contributed by atoms with E-state index in [4.69, 9.17) is 0 Å². The molecule has 0 aliphatic rings. The summed E-state index contributed by atoms with van der Waals surface area (Å²) in [7, 11) is 0. The van der Waals surface area contributed by atoms with Gasteiger partial charge in [-0.05, 0) is 6.42 Å². The molecule has 0 aliphatic carbocycles. The first-order chi connectivity index (χ1) is 12.4. The Hall–Kier alpha value is -2.25. The summed E-state index contributed by atoms with van der Waals surface area (Å²) in [6.07, 6.45) is 0.998. The van der Waals surface area contributed by atoms with Crippen LogP contribution in [0.25, 0.3) is 21.5 Å². The smallest absolute Gasteiger partial charge is 0 e. The van der Waals surface area contributed by atoms with Crippen LogP contribution < -0.4 is 0 Å². The van der Waals surface area contributed by atoms with Gasteiger partial charge < -0.3 is 52.0 Å². The van der Waals surface area contributed by atoms with Crippen molar-refractivity contribution < 1.29 is 25.8 Å². The van der Waals surface area contributed by atoms with Crippen LogP contribution in [0, 0.1) is 52.0 Å². The zero-order chi connectivity index (χ0) is 16.9. The van der Waals surface area contributed by atoms with E-state index in [1.807, 2.05) is 30.3 Å². The maximum absolute atomic E-state index is 2.27. The minimum Gasteiger partial charge on any atom is -0.358 e. The summed E-state index contributed by atoms with van der Waals surface area (Å²) in [5.74, 6) is 0. The van der Waals surface area contributed by atoms with Crippen LogP contribution in [0.15, 0.2) is 109 Å². The molecule has 5 rings (SSSR count). The summed E-state index contributed by atoms with van der Waals surface area (Å²) in [6.45, 7) is 0. The van der Waals surface area contributed by atoms with Crippen molar-refractivity contribution in [3.63, 3.8) is 0 Å². The molecular formula is C32H41Hf-9. The van der Waals surface area contributed by atoms with Gasteiger partial charge in [0.2, 0.25) is 0 Å². The average molecular weight is 604 g/mol. The molecule has 182 valence electrons. The van der Waals surface area contributed by atoms with Gasteiger partial charge in [0.1, 0.15) is 0 Å². The molecule has 0 spiro atoms. The summed E-state index contributed by atoms with van der Waals surface area (Å²) < 4.78 is 0. The van der Waals surface area contributed by atoms with Crippen LogP contribution in [0.5, 0.6) is 0 Å². The van der Waals surface area contributed by atoms with E-state index in [1.54, 1.807) is 0 Å². The van der Waals surface area contributed by atoms with Crippen molar-refractivity contribution in [2.45, 2.75) is 6.42 Å². The van der Waals surface area contributed by atoms with Gasteiger partial charge in [0, 0.05) is 25.8 Å². The molecular weight excluding hydrogens is 563 g/mol. The van der Waals surface area contributed by atoms with Gasteiger partial charge >= 0.3 is 0 Å². The number of hydrogen-bond donors (Lipinski definition) is 0. The predicted octanol–water partition coefficient (Wildman–Crippen LogP) is 9.86. The molecule has 0 saturated heterocycles. The summed E-state index contributed by atoms with van der Waals surface area (Å²) >= 11 is 0. The standard InChI is InChI=1S/C20H15.C5H5.7CH3.Hf/c1-2-6-15(7-3-1)14-18-13-12-17-11-10-16-8-4-5-9-19(16)20(17)18;1-2-4-5-3-1;;;;;;;;/h1-13H,14H2;1-5H;7*1H3;/q9*-1;. The fourth-order valence-electron chi connectivity index (χ4n) is 3.34. The normalized spacial score (nSPS) is 8.00. The Kier molecular flexibility index (Phi) is 25.3. The van der Waals surface area contributed by atoms with Crippen molar-refractivity contribution in [1.29, 1.82) is 0 Å². The van der Waals surface area contributed by atoms with Crippen LogP contribution >= 0.6 is 0 Å². The Bertz CT molecular complexity index is 1040. The van der Waals surface area contributed by atoms with Gasteiger partial charge in [0.25, 0.3) is 0 Å².